The summed E-state index contributed by atoms with van der Waals surface area (Å²) < 4.78 is 9.98. The molecular weight excluding hydrogens is 552 g/mol. The SMILES string of the molecule is COc1ccc(CC(C)=O)cc1.COc1ccc(CC(C)=O)cc1.Cc1ccc(C2CCC[C@@H](c3ccc(C)nn3)C2)nn1. The lowest BCUT2D eigenvalue weighted by molar-refractivity contribution is -0.117. The predicted molar refractivity (Wildman–Crippen MR) is 172 cm³/mol. The molecule has 2 aromatic heterocycles. The van der Waals surface area contributed by atoms with E-state index in [1.165, 1.54) is 19.3 Å². The van der Waals surface area contributed by atoms with Crippen LogP contribution in [0.2, 0.25) is 0 Å². The van der Waals surface area contributed by atoms with Crippen LogP contribution < -0.4 is 9.47 Å². The van der Waals surface area contributed by atoms with Crippen molar-refractivity contribution in [3.63, 3.8) is 0 Å². The number of hydrogen-bond donors (Lipinski definition) is 0. The number of aromatic nitrogens is 4. The number of hydrogen-bond acceptors (Lipinski definition) is 8. The van der Waals surface area contributed by atoms with E-state index in [1.54, 1.807) is 28.1 Å². The highest BCUT2D eigenvalue weighted by Gasteiger charge is 2.26. The Morgan fingerprint density at radius 3 is 1.30 bits per heavy atom. The monoisotopic (exact) mass is 596 g/mol. The minimum absolute atomic E-state index is 0.181. The second kappa shape index (κ2) is 17.6. The molecule has 1 fully saturated rings. The van der Waals surface area contributed by atoms with Gasteiger partial charge in [-0.1, -0.05) is 30.7 Å². The van der Waals surface area contributed by atoms with E-state index < -0.39 is 0 Å². The Labute approximate surface area is 261 Å². The number of carbonyl (C=O) groups excluding carboxylic acids is 2. The van der Waals surface area contributed by atoms with Crippen LogP contribution in [0.15, 0.2) is 72.8 Å². The number of ketones is 2. The van der Waals surface area contributed by atoms with E-state index >= 15 is 0 Å². The number of rotatable bonds is 8. The minimum atomic E-state index is 0.181. The first-order valence-corrected chi connectivity index (χ1v) is 15.0. The first-order valence-electron chi connectivity index (χ1n) is 15.0. The van der Waals surface area contributed by atoms with Gasteiger partial charge in [-0.15, -0.1) is 0 Å². The fourth-order valence-corrected chi connectivity index (χ4v) is 5.04. The highest BCUT2D eigenvalue weighted by Crippen LogP contribution is 2.39. The van der Waals surface area contributed by atoms with Gasteiger partial charge in [-0.2, -0.15) is 20.4 Å². The summed E-state index contributed by atoms with van der Waals surface area (Å²) in [6.07, 6.45) is 5.74. The Kier molecular flexibility index (Phi) is 13.6. The maximum atomic E-state index is 10.7. The van der Waals surface area contributed by atoms with Crippen molar-refractivity contribution in [2.24, 2.45) is 0 Å². The number of nitrogens with zero attached hydrogens (tertiary/aromatic N) is 4. The summed E-state index contributed by atoms with van der Waals surface area (Å²) in [7, 11) is 3.25. The van der Waals surface area contributed by atoms with Crippen molar-refractivity contribution in [2.45, 2.75) is 78.1 Å². The van der Waals surface area contributed by atoms with Crippen molar-refractivity contribution in [3.8, 4) is 11.5 Å². The molecule has 4 aromatic rings. The summed E-state index contributed by atoms with van der Waals surface area (Å²) in [6.45, 7) is 7.12. The molecular formula is C36H44N4O4. The zero-order valence-electron chi connectivity index (χ0n) is 26.7. The summed E-state index contributed by atoms with van der Waals surface area (Å²) in [5.74, 6) is 3.01. The molecule has 0 spiro atoms. The Morgan fingerprint density at radius 1 is 0.614 bits per heavy atom. The standard InChI is InChI=1S/C16H20N4.2C10H12O2/c1-11-6-8-15(19-17-11)13-4-3-5-14(10-13)16-9-7-12(2)18-20-16;2*1-8(11)7-9-3-5-10(12-2)6-4-9/h6-9,13-14H,3-5,10H2,1-2H3;2*3-6H,7H2,1-2H3/t13-,14?;;/m1../s1. The van der Waals surface area contributed by atoms with Crippen molar-refractivity contribution in [2.75, 3.05) is 14.2 Å². The average Bonchev–Trinajstić information content (AvgIpc) is 3.03. The molecule has 0 radical (unpaired) electrons. The molecule has 0 bridgehead atoms. The summed E-state index contributed by atoms with van der Waals surface area (Å²) in [5.41, 5.74) is 6.27. The Morgan fingerprint density at radius 2 is 1.00 bits per heavy atom. The zero-order chi connectivity index (χ0) is 31.9. The van der Waals surface area contributed by atoms with Gasteiger partial charge in [-0.3, -0.25) is 9.59 Å². The topological polar surface area (TPSA) is 104 Å². The van der Waals surface area contributed by atoms with E-state index in [0.717, 1.165) is 51.8 Å². The molecule has 0 N–H and O–H groups in total. The van der Waals surface area contributed by atoms with Crippen LogP contribution in [0.3, 0.4) is 0 Å². The fourth-order valence-electron chi connectivity index (χ4n) is 5.04. The molecule has 5 rings (SSSR count). The highest BCUT2D eigenvalue weighted by atomic mass is 16.5. The molecule has 8 nitrogen and oxygen atoms in total. The van der Waals surface area contributed by atoms with E-state index in [0.29, 0.717) is 24.7 Å². The van der Waals surface area contributed by atoms with Gasteiger partial charge < -0.3 is 9.47 Å². The van der Waals surface area contributed by atoms with Crippen LogP contribution in [0.25, 0.3) is 0 Å². The molecule has 2 atom stereocenters. The quantitative estimate of drug-likeness (QED) is 0.215. The van der Waals surface area contributed by atoms with Gasteiger partial charge in [-0.25, -0.2) is 0 Å². The second-order valence-corrected chi connectivity index (χ2v) is 11.2. The van der Waals surface area contributed by atoms with Crippen LogP contribution in [0.1, 0.15) is 85.3 Å². The van der Waals surface area contributed by atoms with Crippen molar-refractivity contribution >= 4 is 11.6 Å². The number of Topliss-reactive ketones (excluding diaryl/α,β-unsaturated/α-hetero) is 2. The van der Waals surface area contributed by atoms with Gasteiger partial charge in [-0.05, 0) is 107 Å². The molecule has 44 heavy (non-hydrogen) atoms. The summed E-state index contributed by atoms with van der Waals surface area (Å²) >= 11 is 0. The van der Waals surface area contributed by atoms with Gasteiger partial charge in [0.2, 0.25) is 0 Å². The first kappa shape index (κ1) is 34.0. The smallest absolute Gasteiger partial charge is 0.134 e. The molecule has 8 heteroatoms. The lowest BCUT2D eigenvalue weighted by atomic mass is 9.78. The van der Waals surface area contributed by atoms with Gasteiger partial charge in [0.25, 0.3) is 0 Å². The lowest BCUT2D eigenvalue weighted by Crippen LogP contribution is -2.15. The number of ether oxygens (including phenoxy) is 2. The van der Waals surface area contributed by atoms with Crippen LogP contribution in [0.5, 0.6) is 11.5 Å². The highest BCUT2D eigenvalue weighted by molar-refractivity contribution is 5.78. The maximum Gasteiger partial charge on any atom is 0.134 e. The van der Waals surface area contributed by atoms with Gasteiger partial charge in [0, 0.05) is 24.7 Å². The Bertz CT molecular complexity index is 1330. The van der Waals surface area contributed by atoms with Crippen molar-refractivity contribution in [3.05, 3.63) is 107 Å². The summed E-state index contributed by atoms with van der Waals surface area (Å²) in [5, 5.41) is 17.1. The first-order chi connectivity index (χ1) is 21.2. The molecule has 2 heterocycles. The minimum Gasteiger partial charge on any atom is -0.497 e. The third kappa shape index (κ3) is 11.7. The molecule has 0 saturated heterocycles. The fraction of sp³-hybridized carbons (Fsp3) is 0.389. The summed E-state index contributed by atoms with van der Waals surface area (Å²) in [6, 6.07) is 23.4. The molecule has 1 aliphatic rings. The normalized spacial score (nSPS) is 15.5. The number of carbonyl (C=O) groups is 2. The molecule has 2 aromatic carbocycles. The van der Waals surface area contributed by atoms with E-state index in [4.69, 9.17) is 9.47 Å². The van der Waals surface area contributed by atoms with Crippen LogP contribution in [-0.2, 0) is 22.4 Å². The van der Waals surface area contributed by atoms with Crippen LogP contribution in [-0.4, -0.2) is 46.2 Å². The number of benzene rings is 2. The largest absolute Gasteiger partial charge is 0.497 e. The predicted octanol–water partition coefficient (Wildman–Crippen LogP) is 6.98. The lowest BCUT2D eigenvalue weighted by Gasteiger charge is -2.28. The van der Waals surface area contributed by atoms with Gasteiger partial charge >= 0.3 is 0 Å². The van der Waals surface area contributed by atoms with Crippen LogP contribution in [0.4, 0.5) is 0 Å². The van der Waals surface area contributed by atoms with Crippen molar-refractivity contribution < 1.29 is 19.1 Å². The third-order valence-corrected chi connectivity index (χ3v) is 7.37. The van der Waals surface area contributed by atoms with Gasteiger partial charge in [0.05, 0.1) is 37.0 Å². The van der Waals surface area contributed by atoms with Gasteiger partial charge in [0.15, 0.2) is 0 Å². The second-order valence-electron chi connectivity index (χ2n) is 11.2. The molecule has 0 amide bonds. The van der Waals surface area contributed by atoms with Crippen molar-refractivity contribution in [1.29, 1.82) is 0 Å². The van der Waals surface area contributed by atoms with E-state index in [1.807, 2.05) is 62.4 Å². The molecule has 0 aliphatic heterocycles. The molecule has 1 saturated carbocycles. The Hall–Kier alpha value is -4.46. The summed E-state index contributed by atoms with van der Waals surface area (Å²) in [4.78, 5) is 21.5. The third-order valence-electron chi connectivity index (χ3n) is 7.37. The molecule has 232 valence electrons. The molecule has 1 unspecified atom stereocenters. The van der Waals surface area contributed by atoms with E-state index in [2.05, 4.69) is 44.7 Å². The Balaban J connectivity index is 0.000000192. The van der Waals surface area contributed by atoms with Crippen LogP contribution >= 0.6 is 0 Å². The van der Waals surface area contributed by atoms with E-state index in [-0.39, 0.29) is 11.6 Å². The van der Waals surface area contributed by atoms with Crippen molar-refractivity contribution in [1.82, 2.24) is 20.4 Å². The average molecular weight is 597 g/mol. The van der Waals surface area contributed by atoms with Crippen LogP contribution in [0, 0.1) is 13.8 Å². The number of aryl methyl sites for hydroxylation is 2. The maximum absolute atomic E-state index is 10.7. The molecule has 1 aliphatic carbocycles. The number of methoxy groups -OCH3 is 2. The van der Waals surface area contributed by atoms with Gasteiger partial charge in [0.1, 0.15) is 23.1 Å². The zero-order valence-corrected chi connectivity index (χ0v) is 26.7. The van der Waals surface area contributed by atoms with E-state index in [9.17, 15) is 9.59 Å².